The number of halogens is 2. The molecule has 0 heterocycles. The van der Waals surface area contributed by atoms with Gasteiger partial charge in [0.15, 0.2) is 0 Å². The normalized spacial score (nSPS) is 9.80. The minimum atomic E-state index is -0.553. The maximum absolute atomic E-state index is 10.8. The topological polar surface area (TPSA) is 72.2 Å². The number of hydrogen-bond donors (Lipinski definition) is 1. The van der Waals surface area contributed by atoms with Crippen LogP contribution in [-0.2, 0) is 4.79 Å². The predicted octanol–water partition coefficient (Wildman–Crippen LogP) is 3.08. The van der Waals surface area contributed by atoms with Crippen molar-refractivity contribution in [3.8, 4) is 0 Å². The molecule has 0 saturated carbocycles. The summed E-state index contributed by atoms with van der Waals surface area (Å²) in [6.45, 7) is 1.29. The van der Waals surface area contributed by atoms with Crippen LogP contribution in [0.3, 0.4) is 0 Å². The van der Waals surface area contributed by atoms with Crippen molar-refractivity contribution in [1.29, 1.82) is 0 Å². The molecule has 1 rings (SSSR count). The molecule has 80 valence electrons. The molecule has 0 radical (unpaired) electrons. The van der Waals surface area contributed by atoms with Crippen molar-refractivity contribution in [2.75, 3.05) is 5.32 Å². The maximum Gasteiger partial charge on any atom is 0.293 e. The van der Waals surface area contributed by atoms with Gasteiger partial charge in [0.05, 0.1) is 4.92 Å². The number of nitro groups is 1. The average Bonchev–Trinajstić information content (AvgIpc) is 2.09. The Kier molecular flexibility index (Phi) is 3.81. The Balaban J connectivity index is 3.28. The first kappa shape index (κ1) is 12.1. The molecule has 1 amide bonds. The smallest absolute Gasteiger partial charge is 0.293 e. The summed E-state index contributed by atoms with van der Waals surface area (Å²) in [5.41, 5.74) is 0.0165. The van der Waals surface area contributed by atoms with Crippen LogP contribution in [0, 0.1) is 10.1 Å². The van der Waals surface area contributed by atoms with Gasteiger partial charge in [-0.15, -0.1) is 0 Å². The summed E-state index contributed by atoms with van der Waals surface area (Å²) in [7, 11) is 0. The standard InChI is InChI=1S/C8H6Br2N2O3/c1-4(13)11-7-2-5(9)6(10)3-8(7)12(14)15/h2-3H,1H3,(H,11,13). The van der Waals surface area contributed by atoms with Crippen molar-refractivity contribution in [3.63, 3.8) is 0 Å². The lowest BCUT2D eigenvalue weighted by molar-refractivity contribution is -0.384. The number of hydrogen-bond acceptors (Lipinski definition) is 3. The van der Waals surface area contributed by atoms with Crippen LogP contribution in [0.1, 0.15) is 6.92 Å². The van der Waals surface area contributed by atoms with Gasteiger partial charge in [-0.3, -0.25) is 14.9 Å². The van der Waals surface area contributed by atoms with Crippen molar-refractivity contribution < 1.29 is 9.72 Å². The first-order chi connectivity index (χ1) is 6.91. The van der Waals surface area contributed by atoms with E-state index in [1.54, 1.807) is 0 Å². The van der Waals surface area contributed by atoms with Crippen LogP contribution in [0.4, 0.5) is 11.4 Å². The van der Waals surface area contributed by atoms with Crippen LogP contribution >= 0.6 is 31.9 Å². The molecule has 15 heavy (non-hydrogen) atoms. The molecule has 0 atom stereocenters. The van der Waals surface area contributed by atoms with Crippen molar-refractivity contribution in [3.05, 3.63) is 31.2 Å². The molecule has 1 aromatic carbocycles. The van der Waals surface area contributed by atoms with E-state index >= 15 is 0 Å². The number of carbonyl (C=O) groups excluding carboxylic acids is 1. The van der Waals surface area contributed by atoms with Gasteiger partial charge >= 0.3 is 0 Å². The second kappa shape index (κ2) is 4.71. The van der Waals surface area contributed by atoms with Crippen molar-refractivity contribution in [1.82, 2.24) is 0 Å². The van der Waals surface area contributed by atoms with E-state index in [-0.39, 0.29) is 17.3 Å². The molecular formula is C8H6Br2N2O3. The minimum absolute atomic E-state index is 0.153. The van der Waals surface area contributed by atoms with Crippen LogP contribution < -0.4 is 5.32 Å². The summed E-state index contributed by atoms with van der Waals surface area (Å²) in [5.74, 6) is -0.354. The molecule has 0 aliphatic rings. The van der Waals surface area contributed by atoms with E-state index in [0.717, 1.165) is 0 Å². The van der Waals surface area contributed by atoms with Gasteiger partial charge in [0.2, 0.25) is 5.91 Å². The number of nitrogens with one attached hydrogen (secondary N) is 1. The highest BCUT2D eigenvalue weighted by Gasteiger charge is 2.17. The summed E-state index contributed by atoms with van der Waals surface area (Å²) in [4.78, 5) is 21.0. The van der Waals surface area contributed by atoms with E-state index in [2.05, 4.69) is 37.2 Å². The van der Waals surface area contributed by atoms with E-state index in [0.29, 0.717) is 8.95 Å². The van der Waals surface area contributed by atoms with Gasteiger partial charge in [-0.1, -0.05) is 0 Å². The van der Waals surface area contributed by atoms with Crippen molar-refractivity contribution in [2.45, 2.75) is 6.92 Å². The third-order valence-electron chi connectivity index (χ3n) is 1.55. The molecule has 1 N–H and O–H groups in total. The lowest BCUT2D eigenvalue weighted by Crippen LogP contribution is -2.08. The molecule has 7 heteroatoms. The lowest BCUT2D eigenvalue weighted by Gasteiger charge is -2.05. The first-order valence-corrected chi connectivity index (χ1v) is 5.41. The zero-order chi connectivity index (χ0) is 11.6. The molecule has 0 spiro atoms. The van der Waals surface area contributed by atoms with Crippen LogP contribution in [0.15, 0.2) is 21.1 Å². The molecule has 0 aromatic heterocycles. The van der Waals surface area contributed by atoms with Gasteiger partial charge in [-0.25, -0.2) is 0 Å². The Morgan fingerprint density at radius 1 is 1.40 bits per heavy atom. The summed E-state index contributed by atoms with van der Waals surface area (Å²) in [6.07, 6.45) is 0. The molecule has 0 bridgehead atoms. The van der Waals surface area contributed by atoms with Crippen molar-refractivity contribution >= 4 is 49.1 Å². The summed E-state index contributed by atoms with van der Waals surface area (Å²) in [6, 6.07) is 2.80. The van der Waals surface area contributed by atoms with Crippen molar-refractivity contribution in [2.24, 2.45) is 0 Å². The molecular weight excluding hydrogens is 332 g/mol. The second-order valence-corrected chi connectivity index (χ2v) is 4.43. The maximum atomic E-state index is 10.8. The van der Waals surface area contributed by atoms with Gasteiger partial charge in [0.25, 0.3) is 5.69 Å². The SMILES string of the molecule is CC(=O)Nc1cc(Br)c(Br)cc1[N+](=O)[O-]. The number of rotatable bonds is 2. The Morgan fingerprint density at radius 3 is 2.40 bits per heavy atom. The first-order valence-electron chi connectivity index (χ1n) is 3.83. The Hall–Kier alpha value is -0.950. The number of nitrogens with zero attached hydrogens (tertiary/aromatic N) is 1. The summed E-state index contributed by atoms with van der Waals surface area (Å²) < 4.78 is 1.19. The molecule has 1 aromatic rings. The summed E-state index contributed by atoms with van der Waals surface area (Å²) >= 11 is 6.35. The van der Waals surface area contributed by atoms with Crippen LogP contribution in [0.2, 0.25) is 0 Å². The highest BCUT2D eigenvalue weighted by molar-refractivity contribution is 9.13. The average molecular weight is 338 g/mol. The highest BCUT2D eigenvalue weighted by Crippen LogP contribution is 2.34. The largest absolute Gasteiger partial charge is 0.321 e. The van der Waals surface area contributed by atoms with E-state index in [4.69, 9.17) is 0 Å². The quantitative estimate of drug-likeness (QED) is 0.665. The molecule has 0 aliphatic carbocycles. The fourth-order valence-electron chi connectivity index (χ4n) is 0.977. The highest BCUT2D eigenvalue weighted by atomic mass is 79.9. The van der Waals surface area contributed by atoms with E-state index in [1.165, 1.54) is 19.1 Å². The molecule has 0 fully saturated rings. The Labute approximate surface area is 102 Å². The number of anilines is 1. The fourth-order valence-corrected chi connectivity index (χ4v) is 1.65. The fraction of sp³-hybridized carbons (Fsp3) is 0.125. The number of carbonyl (C=O) groups is 1. The van der Waals surface area contributed by atoms with Crippen LogP contribution in [-0.4, -0.2) is 10.8 Å². The van der Waals surface area contributed by atoms with Crippen LogP contribution in [0.5, 0.6) is 0 Å². The predicted molar refractivity (Wildman–Crippen MR) is 62.8 cm³/mol. The van der Waals surface area contributed by atoms with Crippen LogP contribution in [0.25, 0.3) is 0 Å². The van der Waals surface area contributed by atoms with E-state index in [9.17, 15) is 14.9 Å². The molecule has 0 saturated heterocycles. The lowest BCUT2D eigenvalue weighted by atomic mass is 10.2. The monoisotopic (exact) mass is 336 g/mol. The third-order valence-corrected chi connectivity index (χ3v) is 3.39. The number of amides is 1. The van der Waals surface area contributed by atoms with Gasteiger partial charge < -0.3 is 5.32 Å². The van der Waals surface area contributed by atoms with E-state index in [1.807, 2.05) is 0 Å². The number of nitro benzene ring substituents is 1. The van der Waals surface area contributed by atoms with Gasteiger partial charge in [0.1, 0.15) is 5.69 Å². The van der Waals surface area contributed by atoms with Gasteiger partial charge in [-0.2, -0.15) is 0 Å². The zero-order valence-electron chi connectivity index (χ0n) is 7.58. The minimum Gasteiger partial charge on any atom is -0.321 e. The van der Waals surface area contributed by atoms with Gasteiger partial charge in [0, 0.05) is 21.9 Å². The molecule has 5 nitrogen and oxygen atoms in total. The second-order valence-electron chi connectivity index (χ2n) is 2.72. The number of benzene rings is 1. The summed E-state index contributed by atoms with van der Waals surface area (Å²) in [5, 5.41) is 13.1. The third kappa shape index (κ3) is 3.00. The van der Waals surface area contributed by atoms with Gasteiger partial charge in [-0.05, 0) is 37.9 Å². The zero-order valence-corrected chi connectivity index (χ0v) is 10.8. The molecule has 0 unspecified atom stereocenters. The Morgan fingerprint density at radius 2 is 1.93 bits per heavy atom. The van der Waals surface area contributed by atoms with E-state index < -0.39 is 4.92 Å². The molecule has 0 aliphatic heterocycles. The Bertz CT molecular complexity index is 434.